The van der Waals surface area contributed by atoms with Crippen LogP contribution >= 0.6 is 0 Å². The van der Waals surface area contributed by atoms with E-state index in [9.17, 15) is 0 Å². The van der Waals surface area contributed by atoms with Gasteiger partial charge in [-0.2, -0.15) is 0 Å². The first-order valence-electron chi connectivity index (χ1n) is 6.63. The van der Waals surface area contributed by atoms with Crippen molar-refractivity contribution in [2.75, 3.05) is 13.2 Å². The zero-order chi connectivity index (χ0) is 12.0. The molecule has 2 unspecified atom stereocenters. The summed E-state index contributed by atoms with van der Waals surface area (Å²) in [5.74, 6) is 1.60. The highest BCUT2D eigenvalue weighted by Gasteiger charge is 2.23. The average Bonchev–Trinajstić information content (AvgIpc) is 2.25. The average molecular weight is 229 g/mol. The van der Waals surface area contributed by atoms with E-state index in [4.69, 9.17) is 10.2 Å². The lowest BCUT2D eigenvalue weighted by molar-refractivity contribution is 0.145. The van der Waals surface area contributed by atoms with Gasteiger partial charge in [0.2, 0.25) is 0 Å². The minimum Gasteiger partial charge on any atom is -0.395 e. The molecule has 0 bridgehead atoms. The van der Waals surface area contributed by atoms with Crippen LogP contribution in [0.25, 0.3) is 0 Å². The minimum atomic E-state index is -0.136. The summed E-state index contributed by atoms with van der Waals surface area (Å²) in [6.07, 6.45) is 6.32. The Kier molecular flexibility index (Phi) is 6.32. The fourth-order valence-electron chi connectivity index (χ4n) is 2.82. The van der Waals surface area contributed by atoms with Crippen molar-refractivity contribution < 1.29 is 10.2 Å². The van der Waals surface area contributed by atoms with Gasteiger partial charge in [-0.1, -0.05) is 26.7 Å². The summed E-state index contributed by atoms with van der Waals surface area (Å²) in [6, 6.07) is 0.351. The fraction of sp³-hybridized carbons (Fsp3) is 1.00. The standard InChI is InChI=1S/C13H27NO2/c1-10(2)6-11-4-3-5-12(7-11)14-13(8-15)9-16/h10-16H,3-9H2,1-2H3. The first-order valence-corrected chi connectivity index (χ1v) is 6.63. The number of aliphatic hydroxyl groups is 2. The van der Waals surface area contributed by atoms with E-state index in [1.165, 1.54) is 32.1 Å². The molecule has 0 saturated heterocycles. The van der Waals surface area contributed by atoms with Crippen LogP contribution < -0.4 is 5.32 Å². The highest BCUT2D eigenvalue weighted by atomic mass is 16.3. The van der Waals surface area contributed by atoms with Gasteiger partial charge in [0, 0.05) is 6.04 Å². The van der Waals surface area contributed by atoms with Crippen molar-refractivity contribution in [1.82, 2.24) is 5.32 Å². The molecule has 96 valence electrons. The predicted molar refractivity (Wildman–Crippen MR) is 66.3 cm³/mol. The van der Waals surface area contributed by atoms with Gasteiger partial charge in [-0.25, -0.2) is 0 Å². The number of hydrogen-bond acceptors (Lipinski definition) is 3. The summed E-state index contributed by atoms with van der Waals surface area (Å²) in [4.78, 5) is 0. The highest BCUT2D eigenvalue weighted by Crippen LogP contribution is 2.29. The second-order valence-electron chi connectivity index (χ2n) is 5.59. The van der Waals surface area contributed by atoms with Gasteiger partial charge in [-0.15, -0.1) is 0 Å². The van der Waals surface area contributed by atoms with Crippen molar-refractivity contribution in [2.45, 2.75) is 58.0 Å². The van der Waals surface area contributed by atoms with Crippen molar-refractivity contribution in [3.05, 3.63) is 0 Å². The molecule has 3 N–H and O–H groups in total. The van der Waals surface area contributed by atoms with E-state index in [1.807, 2.05) is 0 Å². The largest absolute Gasteiger partial charge is 0.395 e. The van der Waals surface area contributed by atoms with Crippen molar-refractivity contribution in [1.29, 1.82) is 0 Å². The first kappa shape index (κ1) is 13.9. The Bertz CT molecular complexity index is 181. The van der Waals surface area contributed by atoms with E-state index in [2.05, 4.69) is 19.2 Å². The van der Waals surface area contributed by atoms with Crippen molar-refractivity contribution in [3.63, 3.8) is 0 Å². The molecule has 0 spiro atoms. The maximum absolute atomic E-state index is 9.05. The molecule has 0 radical (unpaired) electrons. The topological polar surface area (TPSA) is 52.5 Å². The highest BCUT2D eigenvalue weighted by molar-refractivity contribution is 4.81. The van der Waals surface area contributed by atoms with Crippen molar-refractivity contribution in [3.8, 4) is 0 Å². The monoisotopic (exact) mass is 229 g/mol. The second-order valence-corrected chi connectivity index (χ2v) is 5.59. The SMILES string of the molecule is CC(C)CC1CCCC(NC(CO)CO)C1. The molecule has 16 heavy (non-hydrogen) atoms. The maximum atomic E-state index is 9.05. The van der Waals surface area contributed by atoms with Crippen molar-refractivity contribution >= 4 is 0 Å². The minimum absolute atomic E-state index is 0.0296. The zero-order valence-corrected chi connectivity index (χ0v) is 10.7. The van der Waals surface area contributed by atoms with Crippen molar-refractivity contribution in [2.24, 2.45) is 11.8 Å². The van der Waals surface area contributed by atoms with E-state index < -0.39 is 0 Å². The lowest BCUT2D eigenvalue weighted by atomic mass is 9.81. The van der Waals surface area contributed by atoms with E-state index in [-0.39, 0.29) is 19.3 Å². The van der Waals surface area contributed by atoms with Gasteiger partial charge >= 0.3 is 0 Å². The fourth-order valence-corrected chi connectivity index (χ4v) is 2.82. The molecule has 2 atom stereocenters. The molecule has 0 amide bonds. The van der Waals surface area contributed by atoms with Crippen LogP contribution in [0.4, 0.5) is 0 Å². The lowest BCUT2D eigenvalue weighted by Crippen LogP contribution is -2.45. The molecule has 1 aliphatic rings. The summed E-state index contributed by atoms with van der Waals surface area (Å²) in [5, 5.41) is 21.4. The number of rotatable bonds is 6. The van der Waals surface area contributed by atoms with E-state index in [1.54, 1.807) is 0 Å². The smallest absolute Gasteiger partial charge is 0.0607 e. The summed E-state index contributed by atoms with van der Waals surface area (Å²) in [7, 11) is 0. The van der Waals surface area contributed by atoms with Gasteiger partial charge in [-0.3, -0.25) is 0 Å². The van der Waals surface area contributed by atoms with Crippen LogP contribution in [-0.2, 0) is 0 Å². The Labute approximate surface area is 99.3 Å². The summed E-state index contributed by atoms with van der Waals surface area (Å²) < 4.78 is 0. The Morgan fingerprint density at radius 3 is 2.44 bits per heavy atom. The molecule has 0 aromatic heterocycles. The lowest BCUT2D eigenvalue weighted by Gasteiger charge is -2.32. The van der Waals surface area contributed by atoms with E-state index in [0.29, 0.717) is 6.04 Å². The van der Waals surface area contributed by atoms with Crippen LogP contribution in [0.1, 0.15) is 46.0 Å². The molecule has 1 fully saturated rings. The predicted octanol–water partition coefficient (Wildman–Crippen LogP) is 1.53. The third-order valence-corrected chi connectivity index (χ3v) is 3.50. The van der Waals surface area contributed by atoms with Gasteiger partial charge in [0.05, 0.1) is 19.3 Å². The molecular weight excluding hydrogens is 202 g/mol. The molecule has 3 nitrogen and oxygen atoms in total. The Morgan fingerprint density at radius 2 is 1.88 bits per heavy atom. The van der Waals surface area contributed by atoms with Gasteiger partial charge in [0.1, 0.15) is 0 Å². The Hall–Kier alpha value is -0.120. The first-order chi connectivity index (χ1) is 7.65. The number of hydrogen-bond donors (Lipinski definition) is 3. The summed E-state index contributed by atoms with van der Waals surface area (Å²) >= 11 is 0. The van der Waals surface area contributed by atoms with Gasteiger partial charge < -0.3 is 15.5 Å². The number of nitrogens with one attached hydrogen (secondary N) is 1. The van der Waals surface area contributed by atoms with Crippen LogP contribution in [0.3, 0.4) is 0 Å². The van der Waals surface area contributed by atoms with Crippen LogP contribution in [0.5, 0.6) is 0 Å². The third-order valence-electron chi connectivity index (χ3n) is 3.50. The number of aliphatic hydroxyl groups excluding tert-OH is 2. The van der Waals surface area contributed by atoms with Crippen LogP contribution in [0.15, 0.2) is 0 Å². The van der Waals surface area contributed by atoms with E-state index >= 15 is 0 Å². The molecule has 1 aliphatic carbocycles. The van der Waals surface area contributed by atoms with E-state index in [0.717, 1.165) is 11.8 Å². The van der Waals surface area contributed by atoms with Gasteiger partial charge in [-0.05, 0) is 31.1 Å². The van der Waals surface area contributed by atoms with Gasteiger partial charge in [0.15, 0.2) is 0 Å². The second kappa shape index (κ2) is 7.25. The molecule has 0 aliphatic heterocycles. The molecule has 0 aromatic rings. The maximum Gasteiger partial charge on any atom is 0.0607 e. The zero-order valence-electron chi connectivity index (χ0n) is 10.7. The third kappa shape index (κ3) is 4.81. The van der Waals surface area contributed by atoms with Crippen LogP contribution in [0, 0.1) is 11.8 Å². The summed E-state index contributed by atoms with van der Waals surface area (Å²) in [5.41, 5.74) is 0. The van der Waals surface area contributed by atoms with Crippen LogP contribution in [-0.4, -0.2) is 35.5 Å². The molecule has 0 aromatic carbocycles. The molecule has 1 saturated carbocycles. The quantitative estimate of drug-likeness (QED) is 0.647. The van der Waals surface area contributed by atoms with Gasteiger partial charge in [0.25, 0.3) is 0 Å². The molecular formula is C13H27NO2. The molecule has 3 heteroatoms. The van der Waals surface area contributed by atoms with Crippen LogP contribution in [0.2, 0.25) is 0 Å². The summed E-state index contributed by atoms with van der Waals surface area (Å²) in [6.45, 7) is 4.62. The molecule has 0 heterocycles. The normalized spacial score (nSPS) is 26.6. The molecule has 1 rings (SSSR count). The Balaban J connectivity index is 2.32. The Morgan fingerprint density at radius 1 is 1.19 bits per heavy atom.